The molecule has 0 radical (unpaired) electrons. The zero-order valence-electron chi connectivity index (χ0n) is 8.00. The molecular weight excluding hydrogens is 178 g/mol. The van der Waals surface area contributed by atoms with E-state index in [1.165, 1.54) is 0 Å². The number of hydrogen-bond acceptors (Lipinski definition) is 3. The Labute approximate surface area is 80.5 Å². The van der Waals surface area contributed by atoms with Crippen molar-refractivity contribution < 1.29 is 9.53 Å². The van der Waals surface area contributed by atoms with E-state index in [1.807, 2.05) is 25.9 Å². The molecule has 0 bridgehead atoms. The lowest BCUT2D eigenvalue weighted by Gasteiger charge is -2.08. The van der Waals surface area contributed by atoms with Crippen LogP contribution in [-0.4, -0.2) is 38.1 Å². The van der Waals surface area contributed by atoms with Crippen LogP contribution in [0.4, 0.5) is 0 Å². The summed E-state index contributed by atoms with van der Waals surface area (Å²) in [5.74, 6) is -0.0967. The zero-order valence-corrected chi connectivity index (χ0v) is 8.82. The van der Waals surface area contributed by atoms with Crippen molar-refractivity contribution in [1.82, 2.24) is 4.90 Å². The summed E-state index contributed by atoms with van der Waals surface area (Å²) in [5.41, 5.74) is 0. The fourth-order valence-electron chi connectivity index (χ4n) is 0.603. The normalized spacial score (nSPS) is 9.33. The van der Waals surface area contributed by atoms with E-state index in [1.54, 1.807) is 0 Å². The number of carbonyl (C=O) groups is 1. The number of ether oxygens (including phenoxy) is 1. The molecule has 0 spiro atoms. The number of carbonyl (C=O) groups excluding carboxylic acids is 1. The minimum absolute atomic E-state index is 0. The Kier molecular flexibility index (Phi) is 10.5. The Balaban J connectivity index is 0. The lowest BCUT2D eigenvalue weighted by atomic mass is 10.4. The lowest BCUT2D eigenvalue weighted by Crippen LogP contribution is -2.18. The van der Waals surface area contributed by atoms with Gasteiger partial charge in [-0.2, -0.15) is 0 Å². The van der Waals surface area contributed by atoms with Gasteiger partial charge >= 0.3 is 5.97 Å². The Bertz CT molecular complexity index is 118. The minimum atomic E-state index is -0.0967. The summed E-state index contributed by atoms with van der Waals surface area (Å²) in [5, 5.41) is 0. The van der Waals surface area contributed by atoms with Crippen molar-refractivity contribution in [1.29, 1.82) is 0 Å². The van der Waals surface area contributed by atoms with Gasteiger partial charge in [-0.25, -0.2) is 0 Å². The van der Waals surface area contributed by atoms with Crippen molar-refractivity contribution in [2.24, 2.45) is 0 Å². The number of rotatable bonds is 5. The molecule has 0 heterocycles. The number of nitrogens with zero attached hydrogens (tertiary/aromatic N) is 1. The van der Waals surface area contributed by atoms with Crippen LogP contribution < -0.4 is 0 Å². The third-order valence-electron chi connectivity index (χ3n) is 1.23. The SMILES string of the molecule is CCCOC(=O)CCN(C)C.Cl. The third kappa shape index (κ3) is 9.72. The topological polar surface area (TPSA) is 29.5 Å². The van der Waals surface area contributed by atoms with E-state index in [0.717, 1.165) is 13.0 Å². The molecular formula is C8H18ClNO2. The van der Waals surface area contributed by atoms with E-state index in [-0.39, 0.29) is 18.4 Å². The monoisotopic (exact) mass is 195 g/mol. The van der Waals surface area contributed by atoms with Gasteiger partial charge in [0.05, 0.1) is 13.0 Å². The first-order valence-corrected chi connectivity index (χ1v) is 3.97. The first-order valence-electron chi connectivity index (χ1n) is 3.97. The maximum absolute atomic E-state index is 10.9. The molecule has 0 atom stereocenters. The third-order valence-corrected chi connectivity index (χ3v) is 1.23. The minimum Gasteiger partial charge on any atom is -0.466 e. The summed E-state index contributed by atoms with van der Waals surface area (Å²) < 4.78 is 4.88. The molecule has 0 aliphatic carbocycles. The van der Waals surface area contributed by atoms with Crippen molar-refractivity contribution >= 4 is 18.4 Å². The molecule has 3 nitrogen and oxygen atoms in total. The summed E-state index contributed by atoms with van der Waals surface area (Å²) >= 11 is 0. The molecule has 0 fully saturated rings. The standard InChI is InChI=1S/C8H17NO2.ClH/c1-4-7-11-8(10)5-6-9(2)3;/h4-7H2,1-3H3;1H. The molecule has 0 unspecified atom stereocenters. The van der Waals surface area contributed by atoms with Gasteiger partial charge in [-0.3, -0.25) is 4.79 Å². The van der Waals surface area contributed by atoms with Crippen LogP contribution in [0.3, 0.4) is 0 Å². The molecule has 0 aromatic carbocycles. The van der Waals surface area contributed by atoms with Crippen molar-refractivity contribution in [3.05, 3.63) is 0 Å². The largest absolute Gasteiger partial charge is 0.466 e. The summed E-state index contributed by atoms with van der Waals surface area (Å²) in [6.07, 6.45) is 1.39. The van der Waals surface area contributed by atoms with Gasteiger partial charge in [0.15, 0.2) is 0 Å². The molecule has 74 valence electrons. The molecule has 12 heavy (non-hydrogen) atoms. The molecule has 0 amide bonds. The quantitative estimate of drug-likeness (QED) is 0.620. The Morgan fingerprint density at radius 2 is 2.00 bits per heavy atom. The molecule has 0 aliphatic heterocycles. The van der Waals surface area contributed by atoms with Crippen LogP contribution in [0.5, 0.6) is 0 Å². The fourth-order valence-corrected chi connectivity index (χ4v) is 0.603. The van der Waals surface area contributed by atoms with Gasteiger partial charge < -0.3 is 9.64 Å². The molecule has 0 N–H and O–H groups in total. The van der Waals surface area contributed by atoms with Crippen molar-refractivity contribution in [3.8, 4) is 0 Å². The highest BCUT2D eigenvalue weighted by molar-refractivity contribution is 5.85. The Morgan fingerprint density at radius 1 is 1.42 bits per heavy atom. The summed E-state index contributed by atoms with van der Waals surface area (Å²) in [4.78, 5) is 12.8. The number of hydrogen-bond donors (Lipinski definition) is 0. The van der Waals surface area contributed by atoms with Gasteiger partial charge in [-0.15, -0.1) is 12.4 Å². The molecule has 4 heteroatoms. The zero-order chi connectivity index (χ0) is 8.69. The summed E-state index contributed by atoms with van der Waals surface area (Å²) in [7, 11) is 3.88. The van der Waals surface area contributed by atoms with Crippen molar-refractivity contribution in [2.45, 2.75) is 19.8 Å². The maximum Gasteiger partial charge on any atom is 0.307 e. The van der Waals surface area contributed by atoms with Gasteiger partial charge in [0.2, 0.25) is 0 Å². The van der Waals surface area contributed by atoms with E-state index in [2.05, 4.69) is 0 Å². The lowest BCUT2D eigenvalue weighted by molar-refractivity contribution is -0.143. The van der Waals surface area contributed by atoms with Crippen molar-refractivity contribution in [3.63, 3.8) is 0 Å². The maximum atomic E-state index is 10.9. The first-order chi connectivity index (χ1) is 5.16. The predicted octanol–water partition coefficient (Wildman–Crippen LogP) is 1.31. The molecule has 0 saturated carbocycles. The number of esters is 1. The van der Waals surface area contributed by atoms with E-state index >= 15 is 0 Å². The second-order valence-electron chi connectivity index (χ2n) is 2.77. The summed E-state index contributed by atoms with van der Waals surface area (Å²) in [6, 6.07) is 0. The highest BCUT2D eigenvalue weighted by Crippen LogP contribution is 1.89. The van der Waals surface area contributed by atoms with E-state index in [0.29, 0.717) is 13.0 Å². The average molecular weight is 196 g/mol. The van der Waals surface area contributed by atoms with Crippen molar-refractivity contribution in [2.75, 3.05) is 27.2 Å². The van der Waals surface area contributed by atoms with Crippen LogP contribution >= 0.6 is 12.4 Å². The Morgan fingerprint density at radius 3 is 2.42 bits per heavy atom. The highest BCUT2D eigenvalue weighted by Gasteiger charge is 2.01. The van der Waals surface area contributed by atoms with Gasteiger partial charge in [-0.1, -0.05) is 6.92 Å². The average Bonchev–Trinajstić information content (AvgIpc) is 1.97. The predicted molar refractivity (Wildman–Crippen MR) is 51.7 cm³/mol. The van der Waals surface area contributed by atoms with Crippen LogP contribution in [0.15, 0.2) is 0 Å². The van der Waals surface area contributed by atoms with E-state index in [4.69, 9.17) is 4.74 Å². The molecule has 0 saturated heterocycles. The highest BCUT2D eigenvalue weighted by atomic mass is 35.5. The van der Waals surface area contributed by atoms with Crippen LogP contribution in [-0.2, 0) is 9.53 Å². The van der Waals surface area contributed by atoms with Gasteiger partial charge in [-0.05, 0) is 20.5 Å². The smallest absolute Gasteiger partial charge is 0.307 e. The van der Waals surface area contributed by atoms with E-state index in [9.17, 15) is 4.79 Å². The van der Waals surface area contributed by atoms with E-state index < -0.39 is 0 Å². The van der Waals surface area contributed by atoms with Crippen LogP contribution in [0.1, 0.15) is 19.8 Å². The second-order valence-corrected chi connectivity index (χ2v) is 2.77. The Hall–Kier alpha value is -0.280. The molecule has 0 aliphatic rings. The molecule has 0 aromatic heterocycles. The van der Waals surface area contributed by atoms with Gasteiger partial charge in [0.1, 0.15) is 0 Å². The second kappa shape index (κ2) is 8.81. The first kappa shape index (κ1) is 14.3. The van der Waals surface area contributed by atoms with Gasteiger partial charge in [0, 0.05) is 6.54 Å². The van der Waals surface area contributed by atoms with Crippen LogP contribution in [0.25, 0.3) is 0 Å². The number of halogens is 1. The van der Waals surface area contributed by atoms with Crippen LogP contribution in [0.2, 0.25) is 0 Å². The van der Waals surface area contributed by atoms with Crippen LogP contribution in [0, 0.1) is 0 Å². The fraction of sp³-hybridized carbons (Fsp3) is 0.875. The summed E-state index contributed by atoms with van der Waals surface area (Å²) in [6.45, 7) is 3.30. The molecule has 0 rings (SSSR count). The molecule has 0 aromatic rings. The van der Waals surface area contributed by atoms with Gasteiger partial charge in [0.25, 0.3) is 0 Å².